The Kier molecular flexibility index (Phi) is 4.40. The highest BCUT2D eigenvalue weighted by Crippen LogP contribution is 2.11. The third-order valence-corrected chi connectivity index (χ3v) is 3.18. The Morgan fingerprint density at radius 1 is 1.32 bits per heavy atom. The van der Waals surface area contributed by atoms with Crippen molar-refractivity contribution in [2.75, 3.05) is 6.54 Å². The third kappa shape index (κ3) is 3.05. The van der Waals surface area contributed by atoms with Crippen LogP contribution >= 0.6 is 0 Å². The molecule has 1 aromatic carbocycles. The van der Waals surface area contributed by atoms with Crippen molar-refractivity contribution >= 4 is 22.9 Å². The molecule has 22 heavy (non-hydrogen) atoms. The fourth-order valence-corrected chi connectivity index (χ4v) is 2.12. The number of amides is 1. The van der Waals surface area contributed by atoms with E-state index < -0.39 is 23.0 Å². The van der Waals surface area contributed by atoms with Crippen molar-refractivity contribution in [3.8, 4) is 0 Å². The Balaban J connectivity index is 2.37. The maximum atomic E-state index is 11.9. The summed E-state index contributed by atoms with van der Waals surface area (Å²) >= 11 is 0. The largest absolute Gasteiger partial charge is 0.481 e. The molecule has 8 nitrogen and oxygen atoms in total. The fourth-order valence-electron chi connectivity index (χ4n) is 2.12. The summed E-state index contributed by atoms with van der Waals surface area (Å²) in [5.74, 6) is -1.45. The molecule has 1 heterocycles. The van der Waals surface area contributed by atoms with E-state index in [-0.39, 0.29) is 18.5 Å². The van der Waals surface area contributed by atoms with Gasteiger partial charge >= 0.3 is 17.1 Å². The van der Waals surface area contributed by atoms with E-state index in [0.717, 1.165) is 0 Å². The number of hydrogen-bond acceptors (Lipinski definition) is 4. The summed E-state index contributed by atoms with van der Waals surface area (Å²) < 4.78 is 1.32. The monoisotopic (exact) mass is 305 g/mol. The van der Waals surface area contributed by atoms with Crippen molar-refractivity contribution in [3.63, 3.8) is 0 Å². The van der Waals surface area contributed by atoms with E-state index in [1.807, 2.05) is 0 Å². The number of fused-ring (bicyclic) bond motifs is 1. The van der Waals surface area contributed by atoms with Gasteiger partial charge in [-0.15, -0.1) is 0 Å². The normalized spacial score (nSPS) is 10.6. The lowest BCUT2D eigenvalue weighted by molar-refractivity contribution is -0.136. The van der Waals surface area contributed by atoms with Gasteiger partial charge in [-0.25, -0.2) is 0 Å². The van der Waals surface area contributed by atoms with Crippen molar-refractivity contribution in [3.05, 3.63) is 44.5 Å². The summed E-state index contributed by atoms with van der Waals surface area (Å²) in [6, 6.07) is 4.54. The molecule has 0 radical (unpaired) electrons. The molecule has 0 unspecified atom stereocenters. The number of carbonyl (C=O) groups is 2. The van der Waals surface area contributed by atoms with E-state index >= 15 is 0 Å². The Morgan fingerprint density at radius 2 is 2.05 bits per heavy atom. The second-order valence-corrected chi connectivity index (χ2v) is 4.64. The summed E-state index contributed by atoms with van der Waals surface area (Å²) in [7, 11) is 0. The van der Waals surface area contributed by atoms with E-state index in [2.05, 4.69) is 10.3 Å². The smallest absolute Gasteiger partial charge is 0.316 e. The molecular weight excluding hydrogens is 290 g/mol. The van der Waals surface area contributed by atoms with Crippen LogP contribution in [0.15, 0.2) is 27.8 Å². The van der Waals surface area contributed by atoms with Gasteiger partial charge in [-0.1, -0.05) is 0 Å². The van der Waals surface area contributed by atoms with Gasteiger partial charge in [-0.3, -0.25) is 19.2 Å². The minimum atomic E-state index is -1.00. The fraction of sp³-hybridized carbons (Fsp3) is 0.286. The molecule has 0 fully saturated rings. The second kappa shape index (κ2) is 6.25. The molecule has 116 valence electrons. The second-order valence-electron chi connectivity index (χ2n) is 4.64. The number of rotatable bonds is 5. The first-order valence-electron chi connectivity index (χ1n) is 6.71. The van der Waals surface area contributed by atoms with Gasteiger partial charge < -0.3 is 20.0 Å². The predicted octanol–water partition coefficient (Wildman–Crippen LogP) is -0.0858. The van der Waals surface area contributed by atoms with Crippen molar-refractivity contribution in [2.24, 2.45) is 0 Å². The number of hydrogen-bond donors (Lipinski definition) is 3. The molecule has 0 saturated carbocycles. The third-order valence-electron chi connectivity index (χ3n) is 3.18. The molecule has 3 N–H and O–H groups in total. The topological polar surface area (TPSA) is 121 Å². The maximum absolute atomic E-state index is 11.9. The number of nitrogens with zero attached hydrogens (tertiary/aromatic N) is 1. The lowest BCUT2D eigenvalue weighted by Crippen LogP contribution is -2.36. The summed E-state index contributed by atoms with van der Waals surface area (Å²) in [6.45, 7) is 2.09. The molecule has 0 aliphatic rings. The number of nitrogens with one attached hydrogen (secondary N) is 2. The molecule has 0 atom stereocenters. The molecule has 0 bridgehead atoms. The molecule has 8 heteroatoms. The van der Waals surface area contributed by atoms with Crippen LogP contribution in [0.2, 0.25) is 0 Å². The summed E-state index contributed by atoms with van der Waals surface area (Å²) in [5, 5.41) is 11.0. The van der Waals surface area contributed by atoms with E-state index in [1.165, 1.54) is 16.7 Å². The number of aromatic amines is 1. The van der Waals surface area contributed by atoms with Gasteiger partial charge in [-0.05, 0) is 25.1 Å². The van der Waals surface area contributed by atoms with Crippen LogP contribution in [-0.4, -0.2) is 33.1 Å². The first-order chi connectivity index (χ1) is 10.4. The molecule has 0 aliphatic carbocycles. The van der Waals surface area contributed by atoms with Crippen LogP contribution in [0.25, 0.3) is 11.0 Å². The van der Waals surface area contributed by atoms with Crippen LogP contribution in [0.3, 0.4) is 0 Å². The average molecular weight is 305 g/mol. The SMILES string of the molecule is CCn1c(=O)c(=O)[nH]c2cc(C(=O)NCCC(=O)O)ccc21. The Bertz CT molecular complexity index is 850. The average Bonchev–Trinajstić information content (AvgIpc) is 2.47. The van der Waals surface area contributed by atoms with E-state index in [9.17, 15) is 19.2 Å². The standard InChI is InChI=1S/C14H15N3O5/c1-2-17-10-4-3-8(12(20)15-6-5-11(18)19)7-9(10)16-13(21)14(17)22/h3-4,7H,2,5-6H2,1H3,(H,15,20)(H,16,21)(H,18,19). The molecule has 0 aliphatic heterocycles. The van der Waals surface area contributed by atoms with Gasteiger partial charge in [0.25, 0.3) is 5.91 Å². The number of H-pyrrole nitrogens is 1. The van der Waals surface area contributed by atoms with Crippen molar-refractivity contribution in [1.29, 1.82) is 0 Å². The number of benzene rings is 1. The summed E-state index contributed by atoms with van der Waals surface area (Å²) in [6.07, 6.45) is -0.175. The Morgan fingerprint density at radius 3 is 2.68 bits per heavy atom. The molecule has 1 aromatic heterocycles. The summed E-state index contributed by atoms with van der Waals surface area (Å²) in [4.78, 5) is 48.1. The lowest BCUT2D eigenvalue weighted by atomic mass is 10.1. The molecule has 0 spiro atoms. The number of aryl methyl sites for hydroxylation is 1. The van der Waals surface area contributed by atoms with E-state index in [0.29, 0.717) is 17.6 Å². The van der Waals surface area contributed by atoms with Crippen LogP contribution < -0.4 is 16.4 Å². The van der Waals surface area contributed by atoms with Gasteiger partial charge in [0, 0.05) is 18.7 Å². The number of aromatic nitrogens is 2. The van der Waals surface area contributed by atoms with Crippen LogP contribution in [0, 0.1) is 0 Å². The van der Waals surface area contributed by atoms with Crippen LogP contribution in [0.4, 0.5) is 0 Å². The first-order valence-corrected chi connectivity index (χ1v) is 6.71. The van der Waals surface area contributed by atoms with Gasteiger partial charge in [0.05, 0.1) is 17.5 Å². The van der Waals surface area contributed by atoms with Crippen LogP contribution in [-0.2, 0) is 11.3 Å². The molecule has 2 rings (SSSR count). The van der Waals surface area contributed by atoms with Gasteiger partial charge in [0.1, 0.15) is 0 Å². The number of carbonyl (C=O) groups excluding carboxylic acids is 1. The summed E-state index contributed by atoms with van der Waals surface area (Å²) in [5.41, 5.74) is -0.229. The molecular formula is C14H15N3O5. The van der Waals surface area contributed by atoms with E-state index in [4.69, 9.17) is 5.11 Å². The zero-order chi connectivity index (χ0) is 16.3. The zero-order valence-electron chi connectivity index (χ0n) is 11.9. The molecule has 0 saturated heterocycles. The number of carboxylic acid groups (broad SMARTS) is 1. The van der Waals surface area contributed by atoms with Gasteiger partial charge in [0.15, 0.2) is 0 Å². The highest BCUT2D eigenvalue weighted by atomic mass is 16.4. The highest BCUT2D eigenvalue weighted by Gasteiger charge is 2.10. The lowest BCUT2D eigenvalue weighted by Gasteiger charge is -2.09. The van der Waals surface area contributed by atoms with E-state index in [1.54, 1.807) is 13.0 Å². The quantitative estimate of drug-likeness (QED) is 0.667. The Labute approximate surface area is 124 Å². The van der Waals surface area contributed by atoms with Crippen molar-refractivity contribution < 1.29 is 14.7 Å². The first kappa shape index (κ1) is 15.5. The minimum Gasteiger partial charge on any atom is -0.481 e. The predicted molar refractivity (Wildman–Crippen MR) is 79.1 cm³/mol. The molecule has 1 amide bonds. The van der Waals surface area contributed by atoms with Gasteiger partial charge in [-0.2, -0.15) is 0 Å². The maximum Gasteiger partial charge on any atom is 0.316 e. The van der Waals surface area contributed by atoms with Crippen molar-refractivity contribution in [1.82, 2.24) is 14.9 Å². The minimum absolute atomic E-state index is 0.0111. The zero-order valence-corrected chi connectivity index (χ0v) is 11.9. The Hall–Kier alpha value is -2.90. The van der Waals surface area contributed by atoms with Gasteiger partial charge in [0.2, 0.25) is 0 Å². The molecule has 2 aromatic rings. The van der Waals surface area contributed by atoms with Crippen LogP contribution in [0.1, 0.15) is 23.7 Å². The number of aliphatic carboxylic acids is 1. The van der Waals surface area contributed by atoms with Crippen LogP contribution in [0.5, 0.6) is 0 Å². The van der Waals surface area contributed by atoms with Crippen molar-refractivity contribution in [2.45, 2.75) is 19.9 Å². The highest BCUT2D eigenvalue weighted by molar-refractivity contribution is 5.97. The number of carboxylic acids is 1.